The van der Waals surface area contributed by atoms with Crippen LogP contribution in [0.4, 0.5) is 17.1 Å². The van der Waals surface area contributed by atoms with Gasteiger partial charge in [0.05, 0.1) is 12.0 Å². The molecule has 2 aromatic rings. The number of hydrogen-bond donors (Lipinski definition) is 3. The van der Waals surface area contributed by atoms with Crippen molar-refractivity contribution >= 4 is 34.4 Å². The minimum Gasteiger partial charge on any atom is -0.497 e. The first-order chi connectivity index (χ1) is 10.6. The van der Waals surface area contributed by atoms with Crippen LogP contribution in [0.25, 0.3) is 0 Å². The molecule has 0 radical (unpaired) electrons. The first-order valence-electron chi connectivity index (χ1n) is 6.30. The van der Waals surface area contributed by atoms with Crippen molar-refractivity contribution in [1.29, 1.82) is 0 Å². The number of anilines is 2. The maximum atomic E-state index is 10.9. The highest BCUT2D eigenvalue weighted by atomic mass is 32.1. The lowest BCUT2D eigenvalue weighted by Crippen LogP contribution is -2.33. The maximum absolute atomic E-state index is 10.9. The van der Waals surface area contributed by atoms with Gasteiger partial charge in [0.25, 0.3) is 5.69 Å². The van der Waals surface area contributed by atoms with Gasteiger partial charge < -0.3 is 10.1 Å². The first-order valence-corrected chi connectivity index (χ1v) is 6.71. The minimum absolute atomic E-state index is 0.0396. The van der Waals surface area contributed by atoms with Gasteiger partial charge in [0.15, 0.2) is 5.11 Å². The van der Waals surface area contributed by atoms with E-state index in [4.69, 9.17) is 17.0 Å². The lowest BCUT2D eigenvalue weighted by Gasteiger charge is -2.12. The molecule has 8 heteroatoms. The third kappa shape index (κ3) is 4.06. The fourth-order valence-electron chi connectivity index (χ4n) is 1.70. The summed E-state index contributed by atoms with van der Waals surface area (Å²) in [6.45, 7) is 0. The quantitative estimate of drug-likeness (QED) is 0.444. The van der Waals surface area contributed by atoms with Crippen LogP contribution in [-0.4, -0.2) is 17.1 Å². The van der Waals surface area contributed by atoms with Crippen LogP contribution in [-0.2, 0) is 0 Å². The average Bonchev–Trinajstić information content (AvgIpc) is 2.54. The van der Waals surface area contributed by atoms with Crippen LogP contribution < -0.4 is 20.9 Å². The monoisotopic (exact) mass is 318 g/mol. The Morgan fingerprint density at radius 1 is 1.18 bits per heavy atom. The van der Waals surface area contributed by atoms with Crippen LogP contribution in [0, 0.1) is 10.1 Å². The zero-order valence-electron chi connectivity index (χ0n) is 11.7. The SMILES string of the molecule is COc1ccc(NC(=S)NNc2ccccc2[N+](=O)[O-])cc1. The highest BCUT2D eigenvalue weighted by Crippen LogP contribution is 2.22. The number of benzene rings is 2. The Bertz CT molecular complexity index is 676. The Morgan fingerprint density at radius 2 is 1.86 bits per heavy atom. The molecule has 0 spiro atoms. The lowest BCUT2D eigenvalue weighted by atomic mass is 10.3. The molecule has 0 heterocycles. The number of nitrogens with one attached hydrogen (secondary N) is 3. The fraction of sp³-hybridized carbons (Fsp3) is 0.0714. The number of ether oxygens (including phenoxy) is 1. The van der Waals surface area contributed by atoms with E-state index in [1.165, 1.54) is 6.07 Å². The molecule has 114 valence electrons. The molecule has 22 heavy (non-hydrogen) atoms. The molecule has 0 aliphatic carbocycles. The van der Waals surface area contributed by atoms with E-state index >= 15 is 0 Å². The van der Waals surface area contributed by atoms with Gasteiger partial charge in [-0.1, -0.05) is 12.1 Å². The Labute approximate surface area is 132 Å². The summed E-state index contributed by atoms with van der Waals surface area (Å²) < 4.78 is 5.06. The number of nitrogens with zero attached hydrogens (tertiary/aromatic N) is 1. The highest BCUT2D eigenvalue weighted by Gasteiger charge is 2.11. The van der Waals surface area contributed by atoms with Gasteiger partial charge in [-0.2, -0.15) is 0 Å². The topological polar surface area (TPSA) is 88.5 Å². The molecule has 0 saturated carbocycles. The van der Waals surface area contributed by atoms with Gasteiger partial charge in [0.1, 0.15) is 11.4 Å². The van der Waals surface area contributed by atoms with Gasteiger partial charge in [-0.15, -0.1) is 0 Å². The van der Waals surface area contributed by atoms with Gasteiger partial charge in [0.2, 0.25) is 0 Å². The van der Waals surface area contributed by atoms with Crippen molar-refractivity contribution < 1.29 is 9.66 Å². The Hall–Kier alpha value is -2.87. The number of para-hydroxylation sites is 2. The van der Waals surface area contributed by atoms with E-state index in [2.05, 4.69) is 16.2 Å². The van der Waals surface area contributed by atoms with Crippen molar-refractivity contribution in [3.63, 3.8) is 0 Å². The maximum Gasteiger partial charge on any atom is 0.294 e. The minimum atomic E-state index is -0.468. The number of hydrazine groups is 1. The van der Waals surface area contributed by atoms with Crippen molar-refractivity contribution in [2.24, 2.45) is 0 Å². The van der Waals surface area contributed by atoms with Crippen molar-refractivity contribution in [2.45, 2.75) is 0 Å². The van der Waals surface area contributed by atoms with Gasteiger partial charge in [0, 0.05) is 11.8 Å². The van der Waals surface area contributed by atoms with Crippen molar-refractivity contribution in [2.75, 3.05) is 17.9 Å². The molecule has 0 saturated heterocycles. The second-order valence-corrected chi connectivity index (χ2v) is 4.62. The first kappa shape index (κ1) is 15.5. The lowest BCUT2D eigenvalue weighted by molar-refractivity contribution is -0.384. The third-order valence-electron chi connectivity index (χ3n) is 2.76. The van der Waals surface area contributed by atoms with E-state index in [0.717, 1.165) is 11.4 Å². The van der Waals surface area contributed by atoms with Crippen LogP contribution >= 0.6 is 12.2 Å². The zero-order chi connectivity index (χ0) is 15.9. The number of nitro groups is 1. The predicted molar refractivity (Wildman–Crippen MR) is 89.1 cm³/mol. The molecule has 0 unspecified atom stereocenters. The molecule has 0 aliphatic heterocycles. The van der Waals surface area contributed by atoms with E-state index < -0.39 is 4.92 Å². The van der Waals surface area contributed by atoms with E-state index in [9.17, 15) is 10.1 Å². The predicted octanol–water partition coefficient (Wildman–Crippen LogP) is 2.92. The molecule has 0 fully saturated rings. The van der Waals surface area contributed by atoms with Crippen molar-refractivity contribution in [3.8, 4) is 5.75 Å². The Morgan fingerprint density at radius 3 is 2.50 bits per heavy atom. The summed E-state index contributed by atoms with van der Waals surface area (Å²) in [6.07, 6.45) is 0. The summed E-state index contributed by atoms with van der Waals surface area (Å²) in [6, 6.07) is 13.5. The molecule has 0 atom stereocenters. The van der Waals surface area contributed by atoms with Gasteiger partial charge >= 0.3 is 0 Å². The molecular weight excluding hydrogens is 304 g/mol. The number of nitro benzene ring substituents is 1. The van der Waals surface area contributed by atoms with Crippen LogP contribution in [0.15, 0.2) is 48.5 Å². The normalized spacial score (nSPS) is 9.68. The Balaban J connectivity index is 1.94. The molecule has 3 N–H and O–H groups in total. The summed E-state index contributed by atoms with van der Waals surface area (Å²) in [4.78, 5) is 10.4. The van der Waals surface area contributed by atoms with E-state index in [0.29, 0.717) is 5.69 Å². The fourth-order valence-corrected chi connectivity index (χ4v) is 1.87. The molecular formula is C14H14N4O3S. The smallest absolute Gasteiger partial charge is 0.294 e. The molecule has 7 nitrogen and oxygen atoms in total. The molecule has 2 aromatic carbocycles. The molecule has 0 bridgehead atoms. The standard InChI is InChI=1S/C14H14N4O3S/c1-21-11-8-6-10(7-9-11)15-14(22)17-16-12-4-2-3-5-13(12)18(19)20/h2-9,16H,1H3,(H2,15,17,22). The summed E-state index contributed by atoms with van der Waals surface area (Å²) >= 11 is 5.12. The Kier molecular flexibility index (Phi) is 5.10. The van der Waals surface area contributed by atoms with E-state index in [1.807, 2.05) is 0 Å². The third-order valence-corrected chi connectivity index (χ3v) is 2.96. The molecule has 0 amide bonds. The number of rotatable bonds is 5. The highest BCUT2D eigenvalue weighted by molar-refractivity contribution is 7.80. The van der Waals surface area contributed by atoms with Crippen LogP contribution in [0.2, 0.25) is 0 Å². The van der Waals surface area contributed by atoms with Crippen molar-refractivity contribution in [1.82, 2.24) is 5.43 Å². The largest absolute Gasteiger partial charge is 0.497 e. The van der Waals surface area contributed by atoms with Gasteiger partial charge in [-0.05, 0) is 42.5 Å². The van der Waals surface area contributed by atoms with Crippen molar-refractivity contribution in [3.05, 3.63) is 58.6 Å². The number of hydrogen-bond acceptors (Lipinski definition) is 5. The van der Waals surface area contributed by atoms with Crippen LogP contribution in [0.5, 0.6) is 5.75 Å². The molecule has 2 rings (SSSR count). The van der Waals surface area contributed by atoms with Crippen LogP contribution in [0.3, 0.4) is 0 Å². The summed E-state index contributed by atoms with van der Waals surface area (Å²) in [5.41, 5.74) is 6.48. The van der Waals surface area contributed by atoms with Crippen LogP contribution in [0.1, 0.15) is 0 Å². The molecule has 0 aliphatic rings. The summed E-state index contributed by atoms with van der Waals surface area (Å²) in [5, 5.41) is 14.1. The second kappa shape index (κ2) is 7.23. The number of thiocarbonyl (C=S) groups is 1. The molecule has 0 aromatic heterocycles. The van der Waals surface area contributed by atoms with Gasteiger partial charge in [-0.25, -0.2) is 0 Å². The zero-order valence-corrected chi connectivity index (χ0v) is 12.5. The average molecular weight is 318 g/mol. The van der Waals surface area contributed by atoms with E-state index in [1.54, 1.807) is 49.6 Å². The second-order valence-electron chi connectivity index (χ2n) is 4.21. The van der Waals surface area contributed by atoms with E-state index in [-0.39, 0.29) is 10.8 Å². The summed E-state index contributed by atoms with van der Waals surface area (Å²) in [7, 11) is 1.59. The van der Waals surface area contributed by atoms with Gasteiger partial charge in [-0.3, -0.25) is 21.0 Å². The summed E-state index contributed by atoms with van der Waals surface area (Å²) in [5.74, 6) is 0.738. The number of methoxy groups -OCH3 is 1.